The van der Waals surface area contributed by atoms with E-state index in [2.05, 4.69) is 34.6 Å². The van der Waals surface area contributed by atoms with Crippen LogP contribution < -0.4 is 0 Å². The summed E-state index contributed by atoms with van der Waals surface area (Å²) in [5.41, 5.74) is 0. The molecule has 0 saturated heterocycles. The third kappa shape index (κ3) is 44.5. The lowest BCUT2D eigenvalue weighted by molar-refractivity contribution is -0.167. The van der Waals surface area contributed by atoms with E-state index in [0.717, 1.165) is 69.6 Å². The maximum atomic E-state index is 12.7. The third-order valence-electron chi connectivity index (χ3n) is 12.9. The number of esters is 3. The SMILES string of the molecule is CCCCCCCCCCCCC(=O)OC[C@H](COC(=O)CCCCCCCCCCCCCCCCCCCCC(C)CC)OC(=O)CCCCCCCCC(C)CC. The molecule has 0 radical (unpaired) electrons. The molecule has 356 valence electrons. The van der Waals surface area contributed by atoms with Crippen LogP contribution in [0, 0.1) is 11.8 Å². The van der Waals surface area contributed by atoms with Crippen molar-refractivity contribution in [3.05, 3.63) is 0 Å². The van der Waals surface area contributed by atoms with E-state index in [-0.39, 0.29) is 31.1 Å². The van der Waals surface area contributed by atoms with Crippen LogP contribution in [0.15, 0.2) is 0 Å². The molecule has 0 amide bonds. The Bertz CT molecular complexity index is 920. The number of rotatable bonds is 48. The molecular weight excluding hydrogens is 745 g/mol. The van der Waals surface area contributed by atoms with Crippen molar-refractivity contribution in [3.63, 3.8) is 0 Å². The molecule has 0 aromatic heterocycles. The number of hydrogen-bond donors (Lipinski definition) is 0. The maximum absolute atomic E-state index is 12.7. The van der Waals surface area contributed by atoms with Gasteiger partial charge in [-0.15, -0.1) is 0 Å². The van der Waals surface area contributed by atoms with Gasteiger partial charge in [-0.3, -0.25) is 14.4 Å². The minimum Gasteiger partial charge on any atom is -0.462 e. The van der Waals surface area contributed by atoms with Crippen molar-refractivity contribution in [3.8, 4) is 0 Å². The van der Waals surface area contributed by atoms with Crippen LogP contribution in [0.4, 0.5) is 0 Å². The molecule has 0 fully saturated rings. The molecule has 6 heteroatoms. The molecule has 0 aliphatic carbocycles. The summed E-state index contributed by atoms with van der Waals surface area (Å²) in [7, 11) is 0. The molecule has 0 aromatic rings. The maximum Gasteiger partial charge on any atom is 0.306 e. The average molecular weight is 849 g/mol. The van der Waals surface area contributed by atoms with Crippen molar-refractivity contribution in [1.82, 2.24) is 0 Å². The number of carbonyl (C=O) groups is 3. The fourth-order valence-corrected chi connectivity index (χ4v) is 8.10. The van der Waals surface area contributed by atoms with Crippen LogP contribution in [0.1, 0.15) is 298 Å². The van der Waals surface area contributed by atoms with E-state index in [4.69, 9.17) is 14.2 Å². The largest absolute Gasteiger partial charge is 0.462 e. The summed E-state index contributed by atoms with van der Waals surface area (Å²) in [4.78, 5) is 37.9. The van der Waals surface area contributed by atoms with Gasteiger partial charge in [0, 0.05) is 19.3 Å². The number of hydrogen-bond acceptors (Lipinski definition) is 6. The second-order valence-electron chi connectivity index (χ2n) is 19.0. The van der Waals surface area contributed by atoms with Crippen molar-refractivity contribution in [2.75, 3.05) is 13.2 Å². The van der Waals surface area contributed by atoms with Crippen molar-refractivity contribution in [1.29, 1.82) is 0 Å². The standard InChI is InChI=1S/C54H104O6/c1-6-9-10-11-12-13-25-28-34-39-44-52(55)58-47-51(60-54(57)46-41-36-31-30-33-38-43-50(5)8-3)48-59-53(56)45-40-35-29-26-23-21-19-17-15-14-16-18-20-22-24-27-32-37-42-49(4)7-2/h49-51H,6-48H2,1-5H3/t49?,50?,51-/m1/s1. The zero-order valence-electron chi connectivity index (χ0n) is 41.1. The Labute approximate surface area is 374 Å². The molecule has 2 unspecified atom stereocenters. The average Bonchev–Trinajstić information content (AvgIpc) is 3.25. The van der Waals surface area contributed by atoms with Gasteiger partial charge in [0.05, 0.1) is 0 Å². The van der Waals surface area contributed by atoms with Gasteiger partial charge in [-0.25, -0.2) is 0 Å². The van der Waals surface area contributed by atoms with Crippen LogP contribution in [-0.4, -0.2) is 37.2 Å². The van der Waals surface area contributed by atoms with Gasteiger partial charge in [-0.1, -0.05) is 259 Å². The molecular formula is C54H104O6. The van der Waals surface area contributed by atoms with E-state index >= 15 is 0 Å². The van der Waals surface area contributed by atoms with E-state index in [9.17, 15) is 14.4 Å². The minimum atomic E-state index is -0.761. The topological polar surface area (TPSA) is 78.9 Å². The summed E-state index contributed by atoms with van der Waals surface area (Å²) in [6, 6.07) is 0. The lowest BCUT2D eigenvalue weighted by Crippen LogP contribution is -2.30. The number of ether oxygens (including phenoxy) is 3. The molecule has 0 rings (SSSR count). The first-order valence-corrected chi connectivity index (χ1v) is 26.8. The number of unbranched alkanes of at least 4 members (excludes halogenated alkanes) is 31. The lowest BCUT2D eigenvalue weighted by Gasteiger charge is -2.18. The predicted octanol–water partition coefficient (Wildman–Crippen LogP) is 17.3. The van der Waals surface area contributed by atoms with Crippen LogP contribution in [0.3, 0.4) is 0 Å². The summed E-state index contributed by atoms with van der Waals surface area (Å²) in [6.45, 7) is 11.4. The Balaban J connectivity index is 4.15. The molecule has 0 aromatic carbocycles. The van der Waals surface area contributed by atoms with Gasteiger partial charge >= 0.3 is 17.9 Å². The third-order valence-corrected chi connectivity index (χ3v) is 12.9. The Morgan fingerprint density at radius 1 is 0.333 bits per heavy atom. The van der Waals surface area contributed by atoms with Gasteiger partial charge in [0.1, 0.15) is 13.2 Å². The Kier molecular flexibility index (Phi) is 45.7. The molecule has 0 bridgehead atoms. The molecule has 0 aliphatic rings. The molecule has 0 N–H and O–H groups in total. The lowest BCUT2D eigenvalue weighted by atomic mass is 9.99. The predicted molar refractivity (Wildman–Crippen MR) is 256 cm³/mol. The molecule has 0 aliphatic heterocycles. The Morgan fingerprint density at radius 2 is 0.583 bits per heavy atom. The van der Waals surface area contributed by atoms with Gasteiger partial charge in [0.15, 0.2) is 6.10 Å². The van der Waals surface area contributed by atoms with Crippen LogP contribution in [-0.2, 0) is 28.6 Å². The Hall–Kier alpha value is -1.59. The first-order valence-electron chi connectivity index (χ1n) is 26.8. The summed E-state index contributed by atoms with van der Waals surface area (Å²) < 4.78 is 16.8. The second-order valence-corrected chi connectivity index (χ2v) is 19.0. The number of carbonyl (C=O) groups excluding carboxylic acids is 3. The van der Waals surface area contributed by atoms with Crippen molar-refractivity contribution >= 4 is 17.9 Å². The van der Waals surface area contributed by atoms with E-state index in [1.165, 1.54) is 186 Å². The van der Waals surface area contributed by atoms with E-state index in [1.54, 1.807) is 0 Å². The highest BCUT2D eigenvalue weighted by atomic mass is 16.6. The van der Waals surface area contributed by atoms with Crippen molar-refractivity contribution in [2.24, 2.45) is 11.8 Å². The summed E-state index contributed by atoms with van der Waals surface area (Å²) >= 11 is 0. The van der Waals surface area contributed by atoms with Gasteiger partial charge in [-0.05, 0) is 31.1 Å². The van der Waals surface area contributed by atoms with Crippen LogP contribution in [0.2, 0.25) is 0 Å². The first-order chi connectivity index (χ1) is 29.3. The van der Waals surface area contributed by atoms with Crippen LogP contribution >= 0.6 is 0 Å². The van der Waals surface area contributed by atoms with Gasteiger partial charge < -0.3 is 14.2 Å². The van der Waals surface area contributed by atoms with E-state index in [1.807, 2.05) is 0 Å². The minimum absolute atomic E-state index is 0.0645. The van der Waals surface area contributed by atoms with Gasteiger partial charge in [0.25, 0.3) is 0 Å². The summed E-state index contributed by atoms with van der Waals surface area (Å²) in [5, 5.41) is 0. The molecule has 3 atom stereocenters. The molecule has 60 heavy (non-hydrogen) atoms. The second kappa shape index (κ2) is 46.9. The first kappa shape index (κ1) is 58.4. The van der Waals surface area contributed by atoms with E-state index < -0.39 is 6.10 Å². The quantitative estimate of drug-likeness (QED) is 0.0345. The fraction of sp³-hybridized carbons (Fsp3) is 0.944. The monoisotopic (exact) mass is 849 g/mol. The van der Waals surface area contributed by atoms with Crippen LogP contribution in [0.5, 0.6) is 0 Å². The Morgan fingerprint density at radius 3 is 0.867 bits per heavy atom. The highest BCUT2D eigenvalue weighted by Crippen LogP contribution is 2.18. The van der Waals surface area contributed by atoms with Crippen molar-refractivity contribution < 1.29 is 28.6 Å². The highest BCUT2D eigenvalue weighted by molar-refractivity contribution is 5.71. The van der Waals surface area contributed by atoms with Gasteiger partial charge in [0.2, 0.25) is 0 Å². The molecule has 0 saturated carbocycles. The normalized spacial score (nSPS) is 12.9. The summed E-state index contributed by atoms with van der Waals surface area (Å²) in [6.07, 6.45) is 48.1. The summed E-state index contributed by atoms with van der Waals surface area (Å²) in [5.74, 6) is 0.868. The molecule has 0 heterocycles. The van der Waals surface area contributed by atoms with E-state index in [0.29, 0.717) is 19.3 Å². The molecule has 0 spiro atoms. The van der Waals surface area contributed by atoms with Gasteiger partial charge in [-0.2, -0.15) is 0 Å². The zero-order chi connectivity index (χ0) is 44.0. The highest BCUT2D eigenvalue weighted by Gasteiger charge is 2.19. The zero-order valence-corrected chi connectivity index (χ0v) is 41.1. The van der Waals surface area contributed by atoms with Crippen molar-refractivity contribution in [2.45, 2.75) is 304 Å². The van der Waals surface area contributed by atoms with Crippen LogP contribution in [0.25, 0.3) is 0 Å². The fourth-order valence-electron chi connectivity index (χ4n) is 8.10. The molecule has 6 nitrogen and oxygen atoms in total. The smallest absolute Gasteiger partial charge is 0.306 e.